The van der Waals surface area contributed by atoms with Gasteiger partial charge in [0.2, 0.25) is 0 Å². The van der Waals surface area contributed by atoms with Crippen LogP contribution in [0.5, 0.6) is 5.75 Å². The molecule has 1 amide bonds. The van der Waals surface area contributed by atoms with Crippen LogP contribution in [0.1, 0.15) is 31.2 Å². The van der Waals surface area contributed by atoms with Crippen LogP contribution >= 0.6 is 0 Å². The molecule has 0 aromatic heterocycles. The van der Waals surface area contributed by atoms with Gasteiger partial charge in [-0.2, -0.15) is 13.2 Å². The Bertz CT molecular complexity index is 596. The van der Waals surface area contributed by atoms with E-state index in [1.54, 1.807) is 0 Å². The minimum absolute atomic E-state index is 0.0747. The monoisotopic (exact) mass is 358 g/mol. The number of amides is 1. The number of hydrogen-bond acceptors (Lipinski definition) is 5. The fourth-order valence-corrected chi connectivity index (χ4v) is 2.28. The average Bonchev–Trinajstić information content (AvgIpc) is 3.38. The van der Waals surface area contributed by atoms with Crippen molar-refractivity contribution in [2.24, 2.45) is 16.0 Å². The quantitative estimate of drug-likeness (QED) is 0.630. The maximum atomic E-state index is 12.9. The predicted octanol–water partition coefficient (Wildman–Crippen LogP) is 2.88. The Labute approximate surface area is 143 Å². The van der Waals surface area contributed by atoms with Crippen LogP contribution in [0.2, 0.25) is 0 Å². The van der Waals surface area contributed by atoms with E-state index < -0.39 is 11.8 Å². The molecular formula is C16H21F3N4O2. The molecule has 1 aliphatic rings. The van der Waals surface area contributed by atoms with Crippen molar-refractivity contribution < 1.29 is 22.7 Å². The fourth-order valence-electron chi connectivity index (χ4n) is 2.28. The number of carbonyl (C=O) groups excluding carboxylic acids is 1. The van der Waals surface area contributed by atoms with Crippen LogP contribution in [0.3, 0.4) is 0 Å². The molecule has 9 heteroatoms. The second kappa shape index (κ2) is 8.28. The lowest BCUT2D eigenvalue weighted by molar-refractivity contribution is -0.166. The van der Waals surface area contributed by atoms with E-state index in [1.165, 1.54) is 24.3 Å². The maximum absolute atomic E-state index is 12.9. The lowest BCUT2D eigenvalue weighted by Gasteiger charge is -2.15. The zero-order valence-electron chi connectivity index (χ0n) is 13.7. The zero-order valence-corrected chi connectivity index (χ0v) is 13.7. The Morgan fingerprint density at radius 3 is 2.32 bits per heavy atom. The van der Waals surface area contributed by atoms with Crippen molar-refractivity contribution in [3.63, 3.8) is 0 Å². The van der Waals surface area contributed by atoms with Crippen molar-refractivity contribution in [3.05, 3.63) is 29.8 Å². The fraction of sp³-hybridized carbons (Fsp3) is 0.562. The van der Waals surface area contributed by atoms with Crippen molar-refractivity contribution in [3.8, 4) is 5.75 Å². The summed E-state index contributed by atoms with van der Waals surface area (Å²) in [7, 11) is 0. The first kappa shape index (κ1) is 19.2. The zero-order chi connectivity index (χ0) is 18.3. The third kappa shape index (κ3) is 5.15. The van der Waals surface area contributed by atoms with Gasteiger partial charge >= 0.3 is 11.8 Å². The number of alkyl halides is 3. The molecule has 0 spiro atoms. The maximum Gasteiger partial charge on any atom is 0.442 e. The highest BCUT2D eigenvalue weighted by Crippen LogP contribution is 2.52. The molecule has 0 radical (unpaired) electrons. The average molecular weight is 358 g/mol. The highest BCUT2D eigenvalue weighted by atomic mass is 19.4. The standard InChI is InChI=1S/C16H21F3N4O2/c17-16(18,19)15(22-23-15)12-5-7-13(8-6-12)25-11-14(24)21-10-4-2-1-3-9-20/h5-8H,1-4,9-11,20H2,(H,21,24). The van der Waals surface area contributed by atoms with Gasteiger partial charge in [-0.3, -0.25) is 4.79 Å². The largest absolute Gasteiger partial charge is 0.484 e. The van der Waals surface area contributed by atoms with Gasteiger partial charge in [-0.15, -0.1) is 10.2 Å². The highest BCUT2D eigenvalue weighted by molar-refractivity contribution is 5.77. The Balaban J connectivity index is 1.71. The Morgan fingerprint density at radius 2 is 1.76 bits per heavy atom. The van der Waals surface area contributed by atoms with Gasteiger partial charge in [0.15, 0.2) is 6.61 Å². The first-order valence-corrected chi connectivity index (χ1v) is 8.10. The molecule has 1 heterocycles. The van der Waals surface area contributed by atoms with Gasteiger partial charge in [0, 0.05) is 12.1 Å². The number of nitrogens with two attached hydrogens (primary N) is 1. The summed E-state index contributed by atoms with van der Waals surface area (Å²) in [5.74, 6) is 0.0293. The molecule has 6 nitrogen and oxygen atoms in total. The number of hydrogen-bond donors (Lipinski definition) is 2. The van der Waals surface area contributed by atoms with Gasteiger partial charge in [0.25, 0.3) is 5.91 Å². The molecule has 0 saturated heterocycles. The van der Waals surface area contributed by atoms with Crippen molar-refractivity contribution in [2.45, 2.75) is 37.5 Å². The Hall–Kier alpha value is -2.16. The van der Waals surface area contributed by atoms with Crippen LogP contribution in [0.4, 0.5) is 13.2 Å². The number of unbranched alkanes of at least 4 members (excludes halogenated alkanes) is 3. The second-order valence-electron chi connectivity index (χ2n) is 5.74. The van der Waals surface area contributed by atoms with Crippen molar-refractivity contribution in [1.29, 1.82) is 0 Å². The lowest BCUT2D eigenvalue weighted by atomic mass is 10.0. The molecular weight excluding hydrogens is 337 g/mol. The van der Waals surface area contributed by atoms with Gasteiger partial charge in [0.1, 0.15) is 5.75 Å². The van der Waals surface area contributed by atoms with Crippen LogP contribution in [0.25, 0.3) is 0 Å². The minimum Gasteiger partial charge on any atom is -0.484 e. The molecule has 0 atom stereocenters. The third-order valence-corrected chi connectivity index (χ3v) is 3.78. The first-order chi connectivity index (χ1) is 11.9. The van der Waals surface area contributed by atoms with Crippen LogP contribution in [0, 0.1) is 0 Å². The van der Waals surface area contributed by atoms with E-state index in [9.17, 15) is 18.0 Å². The van der Waals surface area contributed by atoms with Crippen molar-refractivity contribution in [1.82, 2.24) is 5.32 Å². The van der Waals surface area contributed by atoms with Crippen LogP contribution in [0.15, 0.2) is 34.5 Å². The topological polar surface area (TPSA) is 89.1 Å². The SMILES string of the molecule is NCCCCCCNC(=O)COc1ccc(C2(C(F)(F)F)N=N2)cc1. The third-order valence-electron chi connectivity index (χ3n) is 3.78. The molecule has 0 unspecified atom stereocenters. The smallest absolute Gasteiger partial charge is 0.442 e. The molecule has 2 rings (SSSR count). The number of nitrogens with one attached hydrogen (secondary N) is 1. The summed E-state index contributed by atoms with van der Waals surface area (Å²) >= 11 is 0. The molecule has 0 bridgehead atoms. The summed E-state index contributed by atoms with van der Waals surface area (Å²) in [6.45, 7) is 1.04. The molecule has 138 valence electrons. The molecule has 3 N–H and O–H groups in total. The van der Waals surface area contributed by atoms with Crippen LogP contribution in [-0.2, 0) is 10.5 Å². The van der Waals surface area contributed by atoms with Crippen LogP contribution < -0.4 is 15.8 Å². The van der Waals surface area contributed by atoms with E-state index in [0.29, 0.717) is 18.8 Å². The van der Waals surface area contributed by atoms with Gasteiger partial charge in [-0.25, -0.2) is 0 Å². The highest BCUT2D eigenvalue weighted by Gasteiger charge is 2.65. The molecule has 0 fully saturated rings. The minimum atomic E-state index is -4.56. The molecule has 0 saturated carbocycles. The predicted molar refractivity (Wildman–Crippen MR) is 85.1 cm³/mol. The number of carbonyl (C=O) groups is 1. The number of halogens is 3. The number of ether oxygens (including phenoxy) is 1. The summed E-state index contributed by atoms with van der Waals surface area (Å²) in [4.78, 5) is 11.6. The van der Waals surface area contributed by atoms with E-state index in [2.05, 4.69) is 15.5 Å². The Morgan fingerprint density at radius 1 is 1.12 bits per heavy atom. The Kier molecular flexibility index (Phi) is 6.35. The number of rotatable bonds is 10. The van der Waals surface area contributed by atoms with E-state index in [0.717, 1.165) is 25.7 Å². The number of benzene rings is 1. The molecule has 1 aromatic rings. The summed E-state index contributed by atoms with van der Waals surface area (Å²) < 4.78 is 43.9. The van der Waals surface area contributed by atoms with Gasteiger partial charge in [-0.1, -0.05) is 25.0 Å². The van der Waals surface area contributed by atoms with E-state index in [1.807, 2.05) is 0 Å². The summed E-state index contributed by atoms with van der Waals surface area (Å²) in [6.07, 6.45) is -0.681. The molecule has 25 heavy (non-hydrogen) atoms. The summed E-state index contributed by atoms with van der Waals surface area (Å²) in [6, 6.07) is 5.23. The normalized spacial score (nSPS) is 15.0. The number of nitrogens with zero attached hydrogens (tertiary/aromatic N) is 2. The van der Waals surface area contributed by atoms with Gasteiger partial charge < -0.3 is 15.8 Å². The molecule has 1 aliphatic heterocycles. The van der Waals surface area contributed by atoms with E-state index in [4.69, 9.17) is 10.5 Å². The van der Waals surface area contributed by atoms with E-state index >= 15 is 0 Å². The van der Waals surface area contributed by atoms with Crippen molar-refractivity contribution >= 4 is 5.91 Å². The molecule has 1 aromatic carbocycles. The first-order valence-electron chi connectivity index (χ1n) is 8.10. The van der Waals surface area contributed by atoms with E-state index in [-0.39, 0.29) is 18.1 Å². The van der Waals surface area contributed by atoms with Crippen LogP contribution in [-0.4, -0.2) is 31.8 Å². The van der Waals surface area contributed by atoms with Gasteiger partial charge in [0.05, 0.1) is 0 Å². The summed E-state index contributed by atoms with van der Waals surface area (Å²) in [5, 5.41) is 8.98. The summed E-state index contributed by atoms with van der Waals surface area (Å²) in [5.41, 5.74) is 2.88. The van der Waals surface area contributed by atoms with Crippen molar-refractivity contribution in [2.75, 3.05) is 19.7 Å². The lowest BCUT2D eigenvalue weighted by Crippen LogP contribution is -2.30. The second-order valence-corrected chi connectivity index (χ2v) is 5.74. The molecule has 0 aliphatic carbocycles. The van der Waals surface area contributed by atoms with Gasteiger partial charge in [-0.05, 0) is 31.5 Å².